The number of hydrogen-bond donors (Lipinski definition) is 0. The lowest BCUT2D eigenvalue weighted by atomic mass is 10.4. The van der Waals surface area contributed by atoms with Gasteiger partial charge in [-0.3, -0.25) is 0 Å². The molecule has 0 radical (unpaired) electrons. The molecule has 5 nitrogen and oxygen atoms in total. The fraction of sp³-hybridized carbons (Fsp3) is 0.200. The molecule has 0 aliphatic carbocycles. The average Bonchev–Trinajstić information content (AvgIpc) is 2.84. The van der Waals surface area contributed by atoms with Crippen molar-refractivity contribution in [1.82, 2.24) is 9.97 Å². The molecule has 0 fully saturated rings. The van der Waals surface area contributed by atoms with E-state index in [0.717, 1.165) is 5.01 Å². The molecule has 0 N–H and O–H groups in total. The van der Waals surface area contributed by atoms with Crippen LogP contribution in [0.2, 0.25) is 0 Å². The number of nitrogens with zero attached hydrogens (tertiary/aromatic N) is 2. The summed E-state index contributed by atoms with van der Waals surface area (Å²) in [6, 6.07) is 0. The van der Waals surface area contributed by atoms with Crippen molar-refractivity contribution in [3.63, 3.8) is 0 Å². The van der Waals surface area contributed by atoms with E-state index in [4.69, 9.17) is 4.74 Å². The summed E-state index contributed by atoms with van der Waals surface area (Å²) < 4.78 is 5.26. The Labute approximate surface area is 119 Å². The van der Waals surface area contributed by atoms with Crippen LogP contribution in [0.1, 0.15) is 31.0 Å². The second-order valence-corrected chi connectivity index (χ2v) is 6.87. The molecule has 2 heterocycles. The van der Waals surface area contributed by atoms with Crippen LogP contribution in [-0.4, -0.2) is 21.9 Å². The number of aryl methyl sites for hydroxylation is 2. The normalized spacial score (nSPS) is 10.4. The third-order valence-electron chi connectivity index (χ3n) is 1.90. The third kappa shape index (κ3) is 2.82. The molecule has 2 rings (SSSR count). The van der Waals surface area contributed by atoms with Crippen molar-refractivity contribution < 1.29 is 14.3 Å². The minimum Gasteiger partial charge on any atom is -0.383 e. The van der Waals surface area contributed by atoms with Crippen LogP contribution < -0.4 is 0 Å². The van der Waals surface area contributed by atoms with Crippen molar-refractivity contribution >= 4 is 50.5 Å². The molecular weight excluding hydrogens is 340 g/mol. The number of carbonyl (C=O) groups is 2. The van der Waals surface area contributed by atoms with Gasteiger partial charge in [-0.25, -0.2) is 19.6 Å². The fourth-order valence-corrected chi connectivity index (χ4v) is 3.33. The monoisotopic (exact) mass is 346 g/mol. The van der Waals surface area contributed by atoms with E-state index < -0.39 is 11.9 Å². The number of carbonyl (C=O) groups excluding carboxylic acids is 2. The summed E-state index contributed by atoms with van der Waals surface area (Å²) in [5, 5.41) is 3.00. The van der Waals surface area contributed by atoms with E-state index in [1.807, 2.05) is 0 Å². The van der Waals surface area contributed by atoms with Gasteiger partial charge in [0.25, 0.3) is 0 Å². The molecule has 0 unspecified atom stereocenters. The molecule has 0 aliphatic heterocycles. The first-order chi connectivity index (χ1) is 8.47. The van der Waals surface area contributed by atoms with E-state index in [0.29, 0.717) is 8.79 Å². The highest BCUT2D eigenvalue weighted by atomic mass is 79.9. The molecule has 8 heteroatoms. The minimum absolute atomic E-state index is 0.109. The van der Waals surface area contributed by atoms with Gasteiger partial charge in [-0.15, -0.1) is 22.7 Å². The van der Waals surface area contributed by atoms with Gasteiger partial charge in [0.1, 0.15) is 3.79 Å². The first-order valence-electron chi connectivity index (χ1n) is 4.79. The van der Waals surface area contributed by atoms with Crippen LogP contribution in [0.5, 0.6) is 0 Å². The van der Waals surface area contributed by atoms with Gasteiger partial charge >= 0.3 is 11.9 Å². The standard InChI is InChI=1S/C10H7BrN2O3S2/c1-4-12-6(3-17-4)9(14)16-10(15)7-8(11)18-5(2)13-7/h3H,1-2H3. The van der Waals surface area contributed by atoms with Crippen molar-refractivity contribution in [3.8, 4) is 0 Å². The Balaban J connectivity index is 2.13. The van der Waals surface area contributed by atoms with Gasteiger partial charge in [0.15, 0.2) is 11.4 Å². The maximum absolute atomic E-state index is 11.7. The fourth-order valence-electron chi connectivity index (χ4n) is 1.17. The first-order valence-corrected chi connectivity index (χ1v) is 7.28. The Bertz CT molecular complexity index is 620. The molecule has 0 aromatic carbocycles. The number of esters is 2. The summed E-state index contributed by atoms with van der Waals surface area (Å²) in [5.41, 5.74) is 0.242. The Morgan fingerprint density at radius 3 is 2.44 bits per heavy atom. The van der Waals surface area contributed by atoms with E-state index in [1.165, 1.54) is 22.7 Å². The van der Waals surface area contributed by atoms with Crippen LogP contribution in [0.15, 0.2) is 9.17 Å². The predicted octanol–water partition coefficient (Wildman–Crippen LogP) is 2.98. The van der Waals surface area contributed by atoms with Crippen LogP contribution in [0.25, 0.3) is 0 Å². The van der Waals surface area contributed by atoms with Gasteiger partial charge in [-0.05, 0) is 29.8 Å². The van der Waals surface area contributed by atoms with Crippen LogP contribution in [0.4, 0.5) is 0 Å². The highest BCUT2D eigenvalue weighted by molar-refractivity contribution is 9.11. The van der Waals surface area contributed by atoms with Gasteiger partial charge in [-0.1, -0.05) is 0 Å². The Morgan fingerprint density at radius 2 is 1.94 bits per heavy atom. The van der Waals surface area contributed by atoms with Gasteiger partial charge in [0, 0.05) is 5.38 Å². The van der Waals surface area contributed by atoms with Gasteiger partial charge in [0.05, 0.1) is 10.0 Å². The van der Waals surface area contributed by atoms with Crippen LogP contribution in [-0.2, 0) is 4.74 Å². The molecule has 18 heavy (non-hydrogen) atoms. The zero-order chi connectivity index (χ0) is 13.3. The summed E-state index contributed by atoms with van der Waals surface area (Å²) in [6.07, 6.45) is 0. The summed E-state index contributed by atoms with van der Waals surface area (Å²) in [5.74, 6) is -1.54. The number of aromatic nitrogens is 2. The molecule has 0 bridgehead atoms. The van der Waals surface area contributed by atoms with Gasteiger partial charge in [0.2, 0.25) is 0 Å². The van der Waals surface area contributed by atoms with Gasteiger partial charge in [-0.2, -0.15) is 0 Å². The molecule has 2 aromatic heterocycles. The highest BCUT2D eigenvalue weighted by Crippen LogP contribution is 2.25. The molecule has 0 saturated heterocycles. The largest absolute Gasteiger partial charge is 0.383 e. The number of rotatable bonds is 2. The zero-order valence-corrected chi connectivity index (χ0v) is 12.6. The van der Waals surface area contributed by atoms with Crippen molar-refractivity contribution in [2.45, 2.75) is 13.8 Å². The molecule has 0 spiro atoms. The Morgan fingerprint density at radius 1 is 1.22 bits per heavy atom. The molecular formula is C10H7BrN2O3S2. The van der Waals surface area contributed by atoms with Crippen molar-refractivity contribution in [3.05, 3.63) is 30.6 Å². The van der Waals surface area contributed by atoms with Crippen molar-refractivity contribution in [2.75, 3.05) is 0 Å². The number of hydrogen-bond acceptors (Lipinski definition) is 7. The van der Waals surface area contributed by atoms with E-state index in [-0.39, 0.29) is 11.4 Å². The van der Waals surface area contributed by atoms with E-state index in [9.17, 15) is 9.59 Å². The van der Waals surface area contributed by atoms with Crippen molar-refractivity contribution in [2.24, 2.45) is 0 Å². The Kier molecular flexibility index (Phi) is 3.88. The van der Waals surface area contributed by atoms with Crippen LogP contribution in [0.3, 0.4) is 0 Å². The molecule has 0 saturated carbocycles. The lowest BCUT2D eigenvalue weighted by Crippen LogP contribution is -2.14. The number of thiazole rings is 2. The second-order valence-electron chi connectivity index (χ2n) is 3.28. The molecule has 0 aliphatic rings. The number of ether oxygens (including phenoxy) is 1. The summed E-state index contributed by atoms with van der Waals surface area (Å²) in [4.78, 5) is 31.3. The molecule has 2 aromatic rings. The number of halogens is 1. The van der Waals surface area contributed by atoms with Gasteiger partial charge < -0.3 is 4.74 Å². The van der Waals surface area contributed by atoms with E-state index in [1.54, 1.807) is 19.2 Å². The maximum atomic E-state index is 11.7. The van der Waals surface area contributed by atoms with E-state index in [2.05, 4.69) is 25.9 Å². The van der Waals surface area contributed by atoms with Crippen LogP contribution in [0, 0.1) is 13.8 Å². The van der Waals surface area contributed by atoms with E-state index >= 15 is 0 Å². The predicted molar refractivity (Wildman–Crippen MR) is 71.1 cm³/mol. The summed E-state index contributed by atoms with van der Waals surface area (Å²) in [7, 11) is 0. The maximum Gasteiger partial charge on any atom is 0.366 e. The minimum atomic E-state index is -0.776. The molecule has 0 atom stereocenters. The lowest BCUT2D eigenvalue weighted by molar-refractivity contribution is 0.0389. The van der Waals surface area contributed by atoms with Crippen molar-refractivity contribution in [1.29, 1.82) is 0 Å². The second kappa shape index (κ2) is 5.25. The lowest BCUT2D eigenvalue weighted by Gasteiger charge is -1.98. The quantitative estimate of drug-likeness (QED) is 0.617. The summed E-state index contributed by atoms with van der Waals surface area (Å²) >= 11 is 5.82. The third-order valence-corrected chi connectivity index (χ3v) is 4.29. The first kappa shape index (κ1) is 13.3. The topological polar surface area (TPSA) is 69.2 Å². The zero-order valence-electron chi connectivity index (χ0n) is 9.39. The highest BCUT2D eigenvalue weighted by Gasteiger charge is 2.22. The molecule has 0 amide bonds. The smallest absolute Gasteiger partial charge is 0.366 e. The average molecular weight is 347 g/mol. The SMILES string of the molecule is Cc1nc(C(=O)OC(=O)c2nc(C)sc2Br)cs1. The van der Waals surface area contributed by atoms with Crippen LogP contribution >= 0.6 is 38.6 Å². The molecule has 94 valence electrons. The summed E-state index contributed by atoms with van der Waals surface area (Å²) in [6.45, 7) is 3.53. The Hall–Kier alpha value is -1.12.